The lowest BCUT2D eigenvalue weighted by Crippen LogP contribution is -2.04. The number of halogens is 1. The van der Waals surface area contributed by atoms with Crippen molar-refractivity contribution in [3.8, 4) is 0 Å². The van der Waals surface area contributed by atoms with Crippen molar-refractivity contribution < 1.29 is 14.5 Å². The Balaban J connectivity index is 2.96. The number of esters is 1. The van der Waals surface area contributed by atoms with E-state index in [2.05, 4.69) is 25.7 Å². The first-order valence-corrected chi connectivity index (χ1v) is 5.15. The van der Waals surface area contributed by atoms with Crippen molar-refractivity contribution in [2.24, 2.45) is 0 Å². The van der Waals surface area contributed by atoms with E-state index in [1.54, 1.807) is 6.92 Å². The molecule has 0 aliphatic carbocycles. The zero-order valence-electron chi connectivity index (χ0n) is 7.02. The average molecular weight is 281 g/mol. The van der Waals surface area contributed by atoms with Crippen LogP contribution in [0.3, 0.4) is 0 Å². The number of hydrogen-bond acceptors (Lipinski definition) is 6. The molecule has 6 nitrogen and oxygen atoms in total. The molecule has 0 unspecified atom stereocenters. The first-order chi connectivity index (χ1) is 6.56. The van der Waals surface area contributed by atoms with Crippen molar-refractivity contribution in [1.82, 2.24) is 4.98 Å². The Morgan fingerprint density at radius 2 is 2.43 bits per heavy atom. The van der Waals surface area contributed by atoms with Crippen LogP contribution in [0.15, 0.2) is 3.79 Å². The second kappa shape index (κ2) is 4.47. The summed E-state index contributed by atoms with van der Waals surface area (Å²) in [5, 5.41) is 10.4. The summed E-state index contributed by atoms with van der Waals surface area (Å²) in [6.07, 6.45) is 0. The molecule has 0 N–H and O–H groups in total. The number of rotatable bonds is 3. The van der Waals surface area contributed by atoms with Gasteiger partial charge in [-0.3, -0.25) is 0 Å². The number of hydrogen-bond donors (Lipinski definition) is 0. The molecule has 14 heavy (non-hydrogen) atoms. The van der Waals surface area contributed by atoms with E-state index >= 15 is 0 Å². The van der Waals surface area contributed by atoms with Crippen LogP contribution in [0.5, 0.6) is 0 Å². The monoisotopic (exact) mass is 280 g/mol. The highest BCUT2D eigenvalue weighted by Gasteiger charge is 2.26. The quantitative estimate of drug-likeness (QED) is 0.480. The van der Waals surface area contributed by atoms with Gasteiger partial charge in [-0.15, -0.1) is 0 Å². The van der Waals surface area contributed by atoms with Crippen LogP contribution in [0.2, 0.25) is 0 Å². The minimum absolute atomic E-state index is 0.0228. The topological polar surface area (TPSA) is 82.3 Å². The third-order valence-corrected chi connectivity index (χ3v) is 2.85. The summed E-state index contributed by atoms with van der Waals surface area (Å²) in [6.45, 7) is 1.86. The predicted octanol–water partition coefficient (Wildman–Crippen LogP) is 1.99. The summed E-state index contributed by atoms with van der Waals surface area (Å²) in [5.74, 6) is -1.01. The van der Waals surface area contributed by atoms with Gasteiger partial charge in [-0.25, -0.2) is 4.79 Å². The first kappa shape index (κ1) is 11.1. The Morgan fingerprint density at radius 3 is 2.86 bits per heavy atom. The predicted molar refractivity (Wildman–Crippen MR) is 52.4 cm³/mol. The molecule has 0 aliphatic rings. The lowest BCUT2D eigenvalue weighted by molar-refractivity contribution is -0.389. The lowest BCUT2D eigenvalue weighted by atomic mass is 10.7. The molecule has 8 heteroatoms. The van der Waals surface area contributed by atoms with Gasteiger partial charge in [0.15, 0.2) is 3.79 Å². The fourth-order valence-electron chi connectivity index (χ4n) is 0.686. The van der Waals surface area contributed by atoms with E-state index in [1.165, 1.54) is 0 Å². The minimum atomic E-state index is -0.663. The molecular weight excluding hydrogens is 276 g/mol. The summed E-state index contributed by atoms with van der Waals surface area (Å²) in [7, 11) is 0. The summed E-state index contributed by atoms with van der Waals surface area (Å²) in [6, 6.07) is 0. The Hall–Kier alpha value is -1.02. The number of ether oxygens (including phenoxy) is 1. The third-order valence-electron chi connectivity index (χ3n) is 1.19. The van der Waals surface area contributed by atoms with Crippen LogP contribution in [0.1, 0.15) is 16.7 Å². The highest BCUT2D eigenvalue weighted by Crippen LogP contribution is 2.30. The summed E-state index contributed by atoms with van der Waals surface area (Å²) >= 11 is 3.82. The van der Waals surface area contributed by atoms with Crippen LogP contribution in [0.4, 0.5) is 5.82 Å². The maximum absolute atomic E-state index is 11.1. The second-order valence-electron chi connectivity index (χ2n) is 2.09. The average Bonchev–Trinajstić information content (AvgIpc) is 2.48. The van der Waals surface area contributed by atoms with Gasteiger partial charge in [-0.2, -0.15) is 0 Å². The van der Waals surface area contributed by atoms with Crippen LogP contribution >= 0.6 is 27.3 Å². The molecule has 0 fully saturated rings. The van der Waals surface area contributed by atoms with Gasteiger partial charge in [-0.1, -0.05) is 11.3 Å². The largest absolute Gasteiger partial charge is 0.459 e. The summed E-state index contributed by atoms with van der Waals surface area (Å²) in [4.78, 5) is 24.4. The SMILES string of the molecule is CCOC(=O)c1nc([N+](=O)[O-])c(Br)s1. The van der Waals surface area contributed by atoms with Crippen LogP contribution < -0.4 is 0 Å². The molecule has 1 aromatic rings. The zero-order valence-corrected chi connectivity index (χ0v) is 9.42. The summed E-state index contributed by atoms with van der Waals surface area (Å²) in [5.41, 5.74) is 0. The van der Waals surface area contributed by atoms with Gasteiger partial charge >= 0.3 is 16.8 Å². The number of carbonyl (C=O) groups is 1. The minimum Gasteiger partial charge on any atom is -0.459 e. The van der Waals surface area contributed by atoms with Gasteiger partial charge in [0.2, 0.25) is 0 Å². The van der Waals surface area contributed by atoms with Crippen LogP contribution in [-0.4, -0.2) is 22.5 Å². The lowest BCUT2D eigenvalue weighted by Gasteiger charge is -1.91. The molecule has 0 aliphatic heterocycles. The Morgan fingerprint density at radius 1 is 1.79 bits per heavy atom. The number of carbonyl (C=O) groups excluding carboxylic acids is 1. The molecule has 0 atom stereocenters. The maximum atomic E-state index is 11.1. The number of nitrogens with zero attached hydrogens (tertiary/aromatic N) is 2. The van der Waals surface area contributed by atoms with E-state index in [4.69, 9.17) is 0 Å². The number of aromatic nitrogens is 1. The maximum Gasteiger partial charge on any atom is 0.394 e. The molecule has 0 saturated carbocycles. The molecule has 0 bridgehead atoms. The summed E-state index contributed by atoms with van der Waals surface area (Å²) < 4.78 is 4.86. The van der Waals surface area contributed by atoms with E-state index < -0.39 is 10.9 Å². The smallest absolute Gasteiger partial charge is 0.394 e. The molecule has 1 rings (SSSR count). The third kappa shape index (κ3) is 2.26. The number of thiazole rings is 1. The molecule has 0 saturated heterocycles. The van der Waals surface area contributed by atoms with Crippen molar-refractivity contribution in [1.29, 1.82) is 0 Å². The second-order valence-corrected chi connectivity index (χ2v) is 4.41. The molecule has 76 valence electrons. The van der Waals surface area contributed by atoms with Crippen LogP contribution in [0, 0.1) is 10.1 Å². The Labute approximate surface area is 91.2 Å². The molecule has 1 aromatic heterocycles. The normalized spacial score (nSPS) is 9.86. The molecule has 0 aromatic carbocycles. The Bertz CT molecular complexity index is 378. The van der Waals surface area contributed by atoms with Crippen molar-refractivity contribution in [3.63, 3.8) is 0 Å². The number of nitro groups is 1. The van der Waals surface area contributed by atoms with Crippen LogP contribution in [0.25, 0.3) is 0 Å². The molecule has 0 radical (unpaired) electrons. The van der Waals surface area contributed by atoms with Crippen molar-refractivity contribution in [2.45, 2.75) is 6.92 Å². The van der Waals surface area contributed by atoms with Gasteiger partial charge in [0, 0.05) is 0 Å². The fraction of sp³-hybridized carbons (Fsp3) is 0.333. The highest BCUT2D eigenvalue weighted by molar-refractivity contribution is 9.11. The van der Waals surface area contributed by atoms with Gasteiger partial charge in [0.05, 0.1) is 6.61 Å². The first-order valence-electron chi connectivity index (χ1n) is 3.54. The van der Waals surface area contributed by atoms with E-state index in [9.17, 15) is 14.9 Å². The van der Waals surface area contributed by atoms with Crippen molar-refractivity contribution >= 4 is 39.1 Å². The van der Waals surface area contributed by atoms with E-state index in [-0.39, 0.29) is 21.2 Å². The fourth-order valence-corrected chi connectivity index (χ4v) is 2.04. The van der Waals surface area contributed by atoms with Gasteiger partial charge in [-0.05, 0) is 32.8 Å². The van der Waals surface area contributed by atoms with E-state index in [1.807, 2.05) is 0 Å². The van der Waals surface area contributed by atoms with Gasteiger partial charge in [0.25, 0.3) is 0 Å². The molecule has 0 amide bonds. The van der Waals surface area contributed by atoms with Crippen molar-refractivity contribution in [3.05, 3.63) is 18.9 Å². The van der Waals surface area contributed by atoms with Gasteiger partial charge in [0.1, 0.15) is 0 Å². The van der Waals surface area contributed by atoms with Gasteiger partial charge < -0.3 is 14.9 Å². The highest BCUT2D eigenvalue weighted by atomic mass is 79.9. The molecule has 0 spiro atoms. The van der Waals surface area contributed by atoms with E-state index in [0.717, 1.165) is 11.3 Å². The molecule has 1 heterocycles. The Kier molecular flexibility index (Phi) is 3.53. The van der Waals surface area contributed by atoms with E-state index in [0.29, 0.717) is 0 Å². The van der Waals surface area contributed by atoms with Crippen molar-refractivity contribution in [2.75, 3.05) is 6.61 Å². The van der Waals surface area contributed by atoms with Crippen LogP contribution in [-0.2, 0) is 4.74 Å². The standard InChI is InChI=1S/C6H5BrN2O4S/c1-2-13-6(10)5-8-4(9(11)12)3(7)14-5/h2H2,1H3. The molecular formula is C6H5BrN2O4S. The zero-order chi connectivity index (χ0) is 10.7.